The highest BCUT2D eigenvalue weighted by Gasteiger charge is 2.10. The molecular weight excluding hydrogens is 328 g/mol. The second kappa shape index (κ2) is 8.21. The summed E-state index contributed by atoms with van der Waals surface area (Å²) in [5.41, 5.74) is 1.51. The highest BCUT2D eigenvalue weighted by molar-refractivity contribution is 5.97. The standard InChI is InChI=1S/C22H20O4/c1-24-21-13-8-16(15-22(21)25-2)14-20(23)17-9-11-19(12-10-17)26-18-6-4-3-5-7-18/h3-13,15H,14H2,1-2H3. The van der Waals surface area contributed by atoms with Gasteiger partial charge in [-0.1, -0.05) is 24.3 Å². The van der Waals surface area contributed by atoms with Crippen LogP contribution in [0.15, 0.2) is 72.8 Å². The second-order valence-corrected chi connectivity index (χ2v) is 5.73. The minimum atomic E-state index is 0.0310. The number of ketones is 1. The fourth-order valence-electron chi connectivity index (χ4n) is 2.61. The van der Waals surface area contributed by atoms with Crippen LogP contribution in [0.2, 0.25) is 0 Å². The molecule has 132 valence electrons. The van der Waals surface area contributed by atoms with Crippen molar-refractivity contribution in [3.05, 3.63) is 83.9 Å². The van der Waals surface area contributed by atoms with Crippen molar-refractivity contribution in [2.24, 2.45) is 0 Å². The number of para-hydroxylation sites is 1. The number of carbonyl (C=O) groups excluding carboxylic acids is 1. The molecule has 3 aromatic rings. The minimum Gasteiger partial charge on any atom is -0.493 e. The van der Waals surface area contributed by atoms with Crippen molar-refractivity contribution >= 4 is 5.78 Å². The van der Waals surface area contributed by atoms with Crippen LogP contribution in [0.3, 0.4) is 0 Å². The maximum absolute atomic E-state index is 12.5. The van der Waals surface area contributed by atoms with Crippen LogP contribution in [-0.2, 0) is 6.42 Å². The molecule has 4 nitrogen and oxygen atoms in total. The summed E-state index contributed by atoms with van der Waals surface area (Å²) < 4.78 is 16.2. The largest absolute Gasteiger partial charge is 0.493 e. The third-order valence-corrected chi connectivity index (χ3v) is 3.97. The lowest BCUT2D eigenvalue weighted by atomic mass is 10.0. The predicted octanol–water partition coefficient (Wildman–Crippen LogP) is 4.92. The minimum absolute atomic E-state index is 0.0310. The third kappa shape index (κ3) is 4.22. The van der Waals surface area contributed by atoms with Gasteiger partial charge in [-0.3, -0.25) is 4.79 Å². The zero-order valence-electron chi connectivity index (χ0n) is 14.8. The number of ether oxygens (including phenoxy) is 3. The lowest BCUT2D eigenvalue weighted by Crippen LogP contribution is -2.04. The van der Waals surface area contributed by atoms with Gasteiger partial charge in [0.15, 0.2) is 17.3 Å². The molecule has 3 aromatic carbocycles. The van der Waals surface area contributed by atoms with E-state index in [9.17, 15) is 4.79 Å². The third-order valence-electron chi connectivity index (χ3n) is 3.97. The molecule has 0 N–H and O–H groups in total. The molecule has 26 heavy (non-hydrogen) atoms. The van der Waals surface area contributed by atoms with Gasteiger partial charge in [-0.05, 0) is 54.1 Å². The number of hydrogen-bond acceptors (Lipinski definition) is 4. The maximum atomic E-state index is 12.5. The SMILES string of the molecule is COc1ccc(CC(=O)c2ccc(Oc3ccccc3)cc2)cc1OC. The Kier molecular flexibility index (Phi) is 5.54. The Bertz CT molecular complexity index is 870. The van der Waals surface area contributed by atoms with Crippen molar-refractivity contribution in [2.75, 3.05) is 14.2 Å². The molecule has 0 heterocycles. The van der Waals surface area contributed by atoms with Gasteiger partial charge >= 0.3 is 0 Å². The number of hydrogen-bond donors (Lipinski definition) is 0. The summed E-state index contributed by atoms with van der Waals surface area (Å²) in [7, 11) is 3.16. The topological polar surface area (TPSA) is 44.8 Å². The summed E-state index contributed by atoms with van der Waals surface area (Å²) >= 11 is 0. The predicted molar refractivity (Wildman–Crippen MR) is 101 cm³/mol. The van der Waals surface area contributed by atoms with Crippen LogP contribution in [-0.4, -0.2) is 20.0 Å². The molecule has 0 saturated heterocycles. The number of benzene rings is 3. The van der Waals surface area contributed by atoms with E-state index in [1.54, 1.807) is 44.6 Å². The van der Waals surface area contributed by atoms with E-state index < -0.39 is 0 Å². The van der Waals surface area contributed by atoms with E-state index in [1.165, 1.54) is 0 Å². The molecule has 0 radical (unpaired) electrons. The summed E-state index contributed by atoms with van der Waals surface area (Å²) in [6, 6.07) is 22.2. The average Bonchev–Trinajstić information content (AvgIpc) is 2.69. The van der Waals surface area contributed by atoms with Crippen molar-refractivity contribution in [3.8, 4) is 23.0 Å². The van der Waals surface area contributed by atoms with E-state index in [-0.39, 0.29) is 5.78 Å². The van der Waals surface area contributed by atoms with Crippen LogP contribution < -0.4 is 14.2 Å². The number of Topliss-reactive ketones (excluding diaryl/α,β-unsaturated/α-hetero) is 1. The fourth-order valence-corrected chi connectivity index (χ4v) is 2.61. The van der Waals surface area contributed by atoms with Crippen LogP contribution in [0.25, 0.3) is 0 Å². The Morgan fingerprint density at radius 1 is 0.769 bits per heavy atom. The van der Waals surface area contributed by atoms with Crippen molar-refractivity contribution < 1.29 is 19.0 Å². The van der Waals surface area contributed by atoms with Crippen LogP contribution >= 0.6 is 0 Å². The molecule has 0 spiro atoms. The molecule has 0 amide bonds. The molecular formula is C22H20O4. The Morgan fingerprint density at radius 3 is 2.08 bits per heavy atom. The van der Waals surface area contributed by atoms with Gasteiger partial charge in [-0.25, -0.2) is 0 Å². The van der Waals surface area contributed by atoms with Gasteiger partial charge < -0.3 is 14.2 Å². The first kappa shape index (κ1) is 17.5. The molecule has 0 aromatic heterocycles. The molecule has 0 unspecified atom stereocenters. The number of carbonyl (C=O) groups is 1. The zero-order chi connectivity index (χ0) is 18.4. The van der Waals surface area contributed by atoms with E-state index in [0.717, 1.165) is 11.3 Å². The van der Waals surface area contributed by atoms with Gasteiger partial charge in [-0.2, -0.15) is 0 Å². The van der Waals surface area contributed by atoms with Gasteiger partial charge in [0.25, 0.3) is 0 Å². The molecule has 0 aliphatic heterocycles. The fraction of sp³-hybridized carbons (Fsp3) is 0.136. The number of methoxy groups -OCH3 is 2. The van der Waals surface area contributed by atoms with E-state index in [0.29, 0.717) is 29.2 Å². The first-order chi connectivity index (χ1) is 12.7. The van der Waals surface area contributed by atoms with Crippen LogP contribution in [0.4, 0.5) is 0 Å². The highest BCUT2D eigenvalue weighted by atomic mass is 16.5. The van der Waals surface area contributed by atoms with Crippen molar-refractivity contribution in [1.29, 1.82) is 0 Å². The summed E-state index contributed by atoms with van der Waals surface area (Å²) in [6.45, 7) is 0. The van der Waals surface area contributed by atoms with Gasteiger partial charge in [0.05, 0.1) is 14.2 Å². The lowest BCUT2D eigenvalue weighted by Gasteiger charge is -2.09. The maximum Gasteiger partial charge on any atom is 0.167 e. The number of rotatable bonds is 7. The highest BCUT2D eigenvalue weighted by Crippen LogP contribution is 2.28. The van der Waals surface area contributed by atoms with E-state index in [2.05, 4.69) is 0 Å². The summed E-state index contributed by atoms with van der Waals surface area (Å²) in [6.07, 6.45) is 0.291. The van der Waals surface area contributed by atoms with Gasteiger partial charge in [0, 0.05) is 12.0 Å². The van der Waals surface area contributed by atoms with Crippen LogP contribution in [0.5, 0.6) is 23.0 Å². The normalized spacial score (nSPS) is 10.2. The Balaban J connectivity index is 1.68. The summed E-state index contributed by atoms with van der Waals surface area (Å²) in [5.74, 6) is 2.75. The summed E-state index contributed by atoms with van der Waals surface area (Å²) in [5, 5.41) is 0. The van der Waals surface area contributed by atoms with Gasteiger partial charge in [0.1, 0.15) is 11.5 Å². The smallest absolute Gasteiger partial charge is 0.167 e. The molecule has 4 heteroatoms. The molecule has 0 fully saturated rings. The zero-order valence-corrected chi connectivity index (χ0v) is 14.8. The van der Waals surface area contributed by atoms with Crippen LogP contribution in [0, 0.1) is 0 Å². The first-order valence-corrected chi connectivity index (χ1v) is 8.26. The molecule has 0 aliphatic carbocycles. The van der Waals surface area contributed by atoms with Gasteiger partial charge in [-0.15, -0.1) is 0 Å². The van der Waals surface area contributed by atoms with Gasteiger partial charge in [0.2, 0.25) is 0 Å². The van der Waals surface area contributed by atoms with Crippen molar-refractivity contribution in [1.82, 2.24) is 0 Å². The Morgan fingerprint density at radius 2 is 1.42 bits per heavy atom. The Labute approximate surface area is 153 Å². The molecule has 3 rings (SSSR count). The monoisotopic (exact) mass is 348 g/mol. The van der Waals surface area contributed by atoms with Crippen molar-refractivity contribution in [3.63, 3.8) is 0 Å². The first-order valence-electron chi connectivity index (χ1n) is 8.26. The quantitative estimate of drug-likeness (QED) is 0.568. The molecule has 0 atom stereocenters. The van der Waals surface area contributed by atoms with E-state index >= 15 is 0 Å². The van der Waals surface area contributed by atoms with Crippen LogP contribution in [0.1, 0.15) is 15.9 Å². The molecule has 0 saturated carbocycles. The van der Waals surface area contributed by atoms with E-state index in [1.807, 2.05) is 42.5 Å². The van der Waals surface area contributed by atoms with Crippen molar-refractivity contribution in [2.45, 2.75) is 6.42 Å². The lowest BCUT2D eigenvalue weighted by molar-refractivity contribution is 0.0993. The second-order valence-electron chi connectivity index (χ2n) is 5.73. The average molecular weight is 348 g/mol. The molecule has 0 aliphatic rings. The van der Waals surface area contributed by atoms with E-state index in [4.69, 9.17) is 14.2 Å². The Hall–Kier alpha value is -3.27. The summed E-state index contributed by atoms with van der Waals surface area (Å²) in [4.78, 5) is 12.5. The molecule has 0 bridgehead atoms.